The highest BCUT2D eigenvalue weighted by molar-refractivity contribution is 5.85. The van der Waals surface area contributed by atoms with Crippen molar-refractivity contribution in [2.45, 2.75) is 31.3 Å². The Bertz CT molecular complexity index is 643. The monoisotopic (exact) mass is 370 g/mol. The van der Waals surface area contributed by atoms with Crippen molar-refractivity contribution in [2.75, 3.05) is 19.6 Å². The predicted molar refractivity (Wildman–Crippen MR) is 97.7 cm³/mol. The molecule has 2 fully saturated rings. The van der Waals surface area contributed by atoms with E-state index in [2.05, 4.69) is 43.1 Å². The van der Waals surface area contributed by atoms with E-state index in [1.807, 2.05) is 18.5 Å². The smallest absolute Gasteiger partial charge is 0.146 e. The first kappa shape index (κ1) is 19.1. The summed E-state index contributed by atoms with van der Waals surface area (Å²) in [5, 5.41) is 12.3. The van der Waals surface area contributed by atoms with Crippen LogP contribution in [0.1, 0.15) is 42.0 Å². The van der Waals surface area contributed by atoms with E-state index in [4.69, 9.17) is 0 Å². The lowest BCUT2D eigenvalue weighted by atomic mass is 10.1. The molecule has 0 aromatic carbocycles. The van der Waals surface area contributed by atoms with Crippen LogP contribution in [0.25, 0.3) is 0 Å². The minimum absolute atomic E-state index is 0. The molecule has 0 bridgehead atoms. The van der Waals surface area contributed by atoms with Crippen molar-refractivity contribution in [3.05, 3.63) is 41.7 Å². The molecule has 6 nitrogen and oxygen atoms in total. The van der Waals surface area contributed by atoms with Gasteiger partial charge < -0.3 is 9.88 Å². The Hall–Kier alpha value is -1.21. The van der Waals surface area contributed by atoms with Gasteiger partial charge in [-0.3, -0.25) is 9.88 Å². The fraction of sp³-hybridized carbons (Fsp3) is 0.562. The molecule has 8 heteroatoms. The predicted octanol–water partition coefficient (Wildman–Crippen LogP) is 2.08. The molecule has 1 N–H and O–H groups in total. The van der Waals surface area contributed by atoms with E-state index in [-0.39, 0.29) is 24.8 Å². The van der Waals surface area contributed by atoms with Gasteiger partial charge in [0.15, 0.2) is 0 Å². The molecular formula is C16H24Cl2N6. The summed E-state index contributed by atoms with van der Waals surface area (Å²) in [6.45, 7) is 3.84. The van der Waals surface area contributed by atoms with Gasteiger partial charge in [0.05, 0.1) is 6.54 Å². The maximum absolute atomic E-state index is 4.43. The van der Waals surface area contributed by atoms with E-state index in [0.717, 1.165) is 37.8 Å². The van der Waals surface area contributed by atoms with Crippen molar-refractivity contribution in [1.29, 1.82) is 0 Å². The topological polar surface area (TPSA) is 58.9 Å². The molecule has 3 heterocycles. The van der Waals surface area contributed by atoms with Gasteiger partial charge in [-0.15, -0.1) is 35.0 Å². The standard InChI is InChI=1S/C16H22N6.2ClH/c1-21-15(19-20-16(21)12-4-5-12)11-22-8-7-18-10-14(22)13-3-2-6-17-9-13;;/h2-3,6,9,12,14,18H,4-5,7-8,10-11H2,1H3;2*1H. The highest BCUT2D eigenvalue weighted by Gasteiger charge is 2.30. The fourth-order valence-corrected chi connectivity index (χ4v) is 3.23. The van der Waals surface area contributed by atoms with E-state index in [0.29, 0.717) is 12.0 Å². The molecule has 4 rings (SSSR count). The lowest BCUT2D eigenvalue weighted by Gasteiger charge is -2.35. The van der Waals surface area contributed by atoms with Gasteiger partial charge in [0.25, 0.3) is 0 Å². The molecule has 1 aliphatic heterocycles. The molecule has 1 saturated heterocycles. The largest absolute Gasteiger partial charge is 0.317 e. The molecule has 2 aromatic rings. The van der Waals surface area contributed by atoms with Gasteiger partial charge in [0.2, 0.25) is 0 Å². The number of nitrogens with one attached hydrogen (secondary N) is 1. The third-order valence-electron chi connectivity index (χ3n) is 4.71. The zero-order valence-electron chi connectivity index (χ0n) is 13.8. The molecule has 132 valence electrons. The highest BCUT2D eigenvalue weighted by Crippen LogP contribution is 2.39. The van der Waals surface area contributed by atoms with Crippen LogP contribution >= 0.6 is 24.8 Å². The van der Waals surface area contributed by atoms with Crippen molar-refractivity contribution in [3.63, 3.8) is 0 Å². The molecule has 0 spiro atoms. The minimum atomic E-state index is 0. The van der Waals surface area contributed by atoms with Crippen molar-refractivity contribution in [2.24, 2.45) is 7.05 Å². The summed E-state index contributed by atoms with van der Waals surface area (Å²) in [5.41, 5.74) is 1.26. The molecule has 1 atom stereocenters. The Morgan fingerprint density at radius 1 is 1.25 bits per heavy atom. The molecule has 2 aromatic heterocycles. The Morgan fingerprint density at radius 2 is 2.08 bits per heavy atom. The quantitative estimate of drug-likeness (QED) is 0.892. The number of nitrogens with zero attached hydrogens (tertiary/aromatic N) is 5. The molecule has 1 saturated carbocycles. The molecule has 24 heavy (non-hydrogen) atoms. The summed E-state index contributed by atoms with van der Waals surface area (Å²) in [5.74, 6) is 2.86. The Morgan fingerprint density at radius 3 is 2.79 bits per heavy atom. The highest BCUT2D eigenvalue weighted by atomic mass is 35.5. The summed E-state index contributed by atoms with van der Waals surface area (Å²) in [4.78, 5) is 6.75. The second kappa shape index (κ2) is 8.25. The molecule has 0 radical (unpaired) electrons. The zero-order valence-corrected chi connectivity index (χ0v) is 15.4. The average molecular weight is 371 g/mol. The van der Waals surface area contributed by atoms with Crippen LogP contribution in [0.2, 0.25) is 0 Å². The Kier molecular flexibility index (Phi) is 6.57. The molecular weight excluding hydrogens is 347 g/mol. The van der Waals surface area contributed by atoms with E-state index in [1.54, 1.807) is 0 Å². The number of piperazine rings is 1. The first-order chi connectivity index (χ1) is 10.8. The lowest BCUT2D eigenvalue weighted by molar-refractivity contribution is 0.148. The first-order valence-electron chi connectivity index (χ1n) is 8.06. The van der Waals surface area contributed by atoms with E-state index >= 15 is 0 Å². The second-order valence-electron chi connectivity index (χ2n) is 6.28. The van der Waals surface area contributed by atoms with Crippen LogP contribution in [0.3, 0.4) is 0 Å². The van der Waals surface area contributed by atoms with Gasteiger partial charge in [-0.2, -0.15) is 0 Å². The summed E-state index contributed by atoms with van der Waals surface area (Å²) < 4.78 is 2.19. The maximum atomic E-state index is 4.43. The van der Waals surface area contributed by atoms with Crippen LogP contribution in [-0.4, -0.2) is 44.3 Å². The van der Waals surface area contributed by atoms with Gasteiger partial charge in [-0.05, 0) is 24.5 Å². The molecule has 2 aliphatic rings. The molecule has 1 unspecified atom stereocenters. The van der Waals surface area contributed by atoms with Crippen molar-refractivity contribution in [1.82, 2.24) is 30.0 Å². The van der Waals surface area contributed by atoms with E-state index in [1.165, 1.54) is 18.4 Å². The minimum Gasteiger partial charge on any atom is -0.317 e. The van der Waals surface area contributed by atoms with Gasteiger partial charge in [-0.25, -0.2) is 0 Å². The zero-order chi connectivity index (χ0) is 14.9. The van der Waals surface area contributed by atoms with Crippen LogP contribution in [-0.2, 0) is 13.6 Å². The van der Waals surface area contributed by atoms with Gasteiger partial charge in [0.1, 0.15) is 11.6 Å². The van der Waals surface area contributed by atoms with Crippen molar-refractivity contribution < 1.29 is 0 Å². The van der Waals surface area contributed by atoms with E-state index in [9.17, 15) is 0 Å². The summed E-state index contributed by atoms with van der Waals surface area (Å²) >= 11 is 0. The van der Waals surface area contributed by atoms with Crippen LogP contribution in [0.5, 0.6) is 0 Å². The fourth-order valence-electron chi connectivity index (χ4n) is 3.23. The third kappa shape index (κ3) is 3.88. The third-order valence-corrected chi connectivity index (χ3v) is 4.71. The maximum Gasteiger partial charge on any atom is 0.146 e. The van der Waals surface area contributed by atoms with Crippen LogP contribution in [0, 0.1) is 0 Å². The first-order valence-corrected chi connectivity index (χ1v) is 8.06. The lowest BCUT2D eigenvalue weighted by Crippen LogP contribution is -2.45. The van der Waals surface area contributed by atoms with Crippen molar-refractivity contribution >= 4 is 24.8 Å². The number of hydrogen-bond donors (Lipinski definition) is 1. The van der Waals surface area contributed by atoms with Gasteiger partial charge in [-0.1, -0.05) is 6.07 Å². The van der Waals surface area contributed by atoms with E-state index < -0.39 is 0 Å². The number of hydrogen-bond acceptors (Lipinski definition) is 5. The Balaban J connectivity index is 0.00000104. The number of pyridine rings is 1. The van der Waals surface area contributed by atoms with Crippen LogP contribution in [0.15, 0.2) is 24.5 Å². The molecule has 1 aliphatic carbocycles. The summed E-state index contributed by atoms with van der Waals surface area (Å²) in [7, 11) is 2.10. The SMILES string of the molecule is Cl.Cl.Cn1c(CN2CCNCC2c2cccnc2)nnc1C1CC1. The number of rotatable bonds is 4. The normalized spacial score (nSPS) is 21.0. The van der Waals surface area contributed by atoms with Gasteiger partial charge in [0, 0.05) is 51.0 Å². The molecule has 0 amide bonds. The summed E-state index contributed by atoms with van der Waals surface area (Å²) in [6.07, 6.45) is 6.32. The number of aromatic nitrogens is 4. The van der Waals surface area contributed by atoms with Crippen LogP contribution < -0.4 is 5.32 Å². The van der Waals surface area contributed by atoms with Crippen LogP contribution in [0.4, 0.5) is 0 Å². The average Bonchev–Trinajstić information content (AvgIpc) is 3.34. The Labute approximate surface area is 154 Å². The number of halogens is 2. The van der Waals surface area contributed by atoms with Gasteiger partial charge >= 0.3 is 0 Å². The second-order valence-corrected chi connectivity index (χ2v) is 6.28. The summed E-state index contributed by atoms with van der Waals surface area (Å²) in [6, 6.07) is 4.52. The van der Waals surface area contributed by atoms with Crippen molar-refractivity contribution in [3.8, 4) is 0 Å².